The van der Waals surface area contributed by atoms with Gasteiger partial charge in [0.25, 0.3) is 0 Å². The highest BCUT2D eigenvalue weighted by atomic mass is 31.2. The summed E-state index contributed by atoms with van der Waals surface area (Å²) >= 11 is 0. The maximum atomic E-state index is 12.8. The summed E-state index contributed by atoms with van der Waals surface area (Å²) in [5.41, 5.74) is -3.88. The maximum absolute atomic E-state index is 12.8. The summed E-state index contributed by atoms with van der Waals surface area (Å²) in [7, 11) is -2.86. The van der Waals surface area contributed by atoms with Crippen LogP contribution >= 0.6 is 7.60 Å². The van der Waals surface area contributed by atoms with Crippen molar-refractivity contribution in [1.29, 1.82) is 0 Å². The van der Waals surface area contributed by atoms with E-state index in [1.165, 1.54) is 0 Å². The predicted octanol–water partition coefficient (Wildman–Crippen LogP) is 1.45. The van der Waals surface area contributed by atoms with Gasteiger partial charge in [-0.3, -0.25) is 4.57 Å². The predicted molar refractivity (Wildman–Crippen MR) is 38.3 cm³/mol. The Hall–Kier alpha value is -0.0300. The topological polar surface area (TPSA) is 55.8 Å². The molecule has 12 heavy (non-hydrogen) atoms. The number of alkyl halides is 2. The molecule has 0 amide bonds. The minimum Gasteiger partial charge on any atom is -0.386 e. The lowest BCUT2D eigenvalue weighted by atomic mass is 10.4. The number of hydrogen-bond acceptors (Lipinski definition) is 4. The molecular formula is C5H11F2O4P. The van der Waals surface area contributed by atoms with Gasteiger partial charge in [0, 0.05) is 14.2 Å². The van der Waals surface area contributed by atoms with Gasteiger partial charge in [0.15, 0.2) is 0 Å². The Morgan fingerprint density at radius 1 is 1.42 bits per heavy atom. The second kappa shape index (κ2) is 3.79. The molecule has 0 aromatic rings. The fraction of sp³-hybridized carbons (Fsp3) is 1.00. The van der Waals surface area contributed by atoms with E-state index in [1.54, 1.807) is 0 Å². The van der Waals surface area contributed by atoms with Crippen LogP contribution in [0.25, 0.3) is 0 Å². The Morgan fingerprint density at radius 3 is 1.83 bits per heavy atom. The molecule has 1 N–H and O–H groups in total. The van der Waals surface area contributed by atoms with E-state index in [4.69, 9.17) is 5.11 Å². The second-order valence-corrected chi connectivity index (χ2v) is 4.45. The summed E-state index contributed by atoms with van der Waals surface area (Å²) in [6, 6.07) is 0. The van der Waals surface area contributed by atoms with E-state index in [1.807, 2.05) is 0 Å². The number of aliphatic hydroxyl groups is 1. The van der Waals surface area contributed by atoms with Crippen LogP contribution in [0.1, 0.15) is 6.92 Å². The molecule has 0 aliphatic rings. The highest BCUT2D eigenvalue weighted by Crippen LogP contribution is 2.62. The highest BCUT2D eigenvalue weighted by molar-refractivity contribution is 7.55. The van der Waals surface area contributed by atoms with Crippen molar-refractivity contribution >= 4 is 7.60 Å². The molecule has 0 radical (unpaired) electrons. The van der Waals surface area contributed by atoms with Crippen molar-refractivity contribution in [3.63, 3.8) is 0 Å². The molecular weight excluding hydrogens is 193 g/mol. The maximum Gasteiger partial charge on any atom is 0.401 e. The number of hydrogen-bond donors (Lipinski definition) is 1. The molecule has 0 bridgehead atoms. The van der Waals surface area contributed by atoms with Crippen molar-refractivity contribution in [2.24, 2.45) is 0 Å². The zero-order valence-electron chi connectivity index (χ0n) is 6.95. The first-order valence-corrected chi connectivity index (χ1v) is 4.63. The summed E-state index contributed by atoms with van der Waals surface area (Å²) in [6.07, 6.45) is -2.08. The van der Waals surface area contributed by atoms with Gasteiger partial charge >= 0.3 is 13.3 Å². The van der Waals surface area contributed by atoms with Gasteiger partial charge in [-0.2, -0.15) is 8.78 Å². The van der Waals surface area contributed by atoms with Gasteiger partial charge in [-0.1, -0.05) is 0 Å². The highest BCUT2D eigenvalue weighted by Gasteiger charge is 2.56. The Bertz CT molecular complexity index is 186. The molecule has 1 atom stereocenters. The molecule has 0 aliphatic carbocycles. The van der Waals surface area contributed by atoms with Crippen molar-refractivity contribution in [3.05, 3.63) is 0 Å². The standard InChI is InChI=1S/C5H11F2O4P/c1-4(8)5(6,7)12(9,10-2)11-3/h4,8H,1-3H3. The van der Waals surface area contributed by atoms with Gasteiger partial charge in [0.1, 0.15) is 6.10 Å². The van der Waals surface area contributed by atoms with Crippen LogP contribution in [0.4, 0.5) is 8.78 Å². The van der Waals surface area contributed by atoms with E-state index in [9.17, 15) is 13.3 Å². The first-order valence-electron chi connectivity index (χ1n) is 3.09. The third-order valence-electron chi connectivity index (χ3n) is 1.35. The molecule has 0 aliphatic heterocycles. The zero-order chi connectivity index (χ0) is 9.99. The fourth-order valence-electron chi connectivity index (χ4n) is 0.547. The largest absolute Gasteiger partial charge is 0.401 e. The first-order chi connectivity index (χ1) is 5.31. The molecule has 1 unspecified atom stereocenters. The molecule has 0 saturated heterocycles. The summed E-state index contributed by atoms with van der Waals surface area (Å²) in [6.45, 7) is 0.810. The molecule has 4 nitrogen and oxygen atoms in total. The van der Waals surface area contributed by atoms with E-state index in [2.05, 4.69) is 9.05 Å². The van der Waals surface area contributed by atoms with Gasteiger partial charge < -0.3 is 14.2 Å². The molecule has 0 fully saturated rings. The van der Waals surface area contributed by atoms with E-state index in [0.29, 0.717) is 0 Å². The molecule has 0 saturated carbocycles. The van der Waals surface area contributed by atoms with Crippen molar-refractivity contribution in [2.75, 3.05) is 14.2 Å². The van der Waals surface area contributed by atoms with Crippen molar-refractivity contribution < 1.29 is 27.5 Å². The van der Waals surface area contributed by atoms with Gasteiger partial charge in [-0.15, -0.1) is 0 Å². The first kappa shape index (κ1) is 12.0. The van der Waals surface area contributed by atoms with E-state index >= 15 is 0 Å². The molecule has 7 heteroatoms. The molecule has 74 valence electrons. The fourth-order valence-corrected chi connectivity index (χ4v) is 1.64. The van der Waals surface area contributed by atoms with E-state index in [0.717, 1.165) is 21.1 Å². The quantitative estimate of drug-likeness (QED) is 0.704. The number of rotatable bonds is 4. The number of aliphatic hydroxyl groups excluding tert-OH is 1. The monoisotopic (exact) mass is 204 g/mol. The summed E-state index contributed by atoms with van der Waals surface area (Å²) in [4.78, 5) is 0. The van der Waals surface area contributed by atoms with Crippen molar-refractivity contribution in [1.82, 2.24) is 0 Å². The van der Waals surface area contributed by atoms with Crippen LogP contribution in [-0.2, 0) is 13.6 Å². The Labute approximate surface area is 69.0 Å². The van der Waals surface area contributed by atoms with Gasteiger partial charge in [-0.05, 0) is 6.92 Å². The summed E-state index contributed by atoms with van der Waals surface area (Å²) in [5.74, 6) is 0. The lowest BCUT2D eigenvalue weighted by molar-refractivity contribution is -0.0532. The zero-order valence-corrected chi connectivity index (χ0v) is 7.85. The minimum atomic E-state index is -4.52. The Morgan fingerprint density at radius 2 is 1.75 bits per heavy atom. The Kier molecular flexibility index (Phi) is 3.78. The summed E-state index contributed by atoms with van der Waals surface area (Å²) in [5, 5.41) is 8.60. The normalized spacial score (nSPS) is 16.2. The molecule has 0 rings (SSSR count). The van der Waals surface area contributed by atoms with Crippen LogP contribution in [0.15, 0.2) is 0 Å². The van der Waals surface area contributed by atoms with E-state index in [-0.39, 0.29) is 0 Å². The third kappa shape index (κ3) is 1.82. The van der Waals surface area contributed by atoms with Crippen molar-refractivity contribution in [2.45, 2.75) is 18.7 Å². The van der Waals surface area contributed by atoms with Gasteiger partial charge in [-0.25, -0.2) is 0 Å². The van der Waals surface area contributed by atoms with E-state index < -0.39 is 19.4 Å². The third-order valence-corrected chi connectivity index (χ3v) is 3.41. The number of halogens is 2. The van der Waals surface area contributed by atoms with Crippen LogP contribution in [-0.4, -0.2) is 31.1 Å². The van der Waals surface area contributed by atoms with Crippen molar-refractivity contribution in [3.8, 4) is 0 Å². The van der Waals surface area contributed by atoms with Crippen LogP contribution < -0.4 is 0 Å². The SMILES string of the molecule is COP(=O)(OC)C(F)(F)C(C)O. The van der Waals surface area contributed by atoms with Crippen LogP contribution in [0.3, 0.4) is 0 Å². The minimum absolute atomic E-state index is 0.810. The second-order valence-electron chi connectivity index (χ2n) is 2.13. The van der Waals surface area contributed by atoms with Crippen LogP contribution in [0.2, 0.25) is 0 Å². The molecule has 0 aromatic carbocycles. The van der Waals surface area contributed by atoms with Gasteiger partial charge in [0.2, 0.25) is 0 Å². The Balaban J connectivity index is 4.84. The lowest BCUT2D eigenvalue weighted by Crippen LogP contribution is -2.31. The summed E-state index contributed by atoms with van der Waals surface area (Å²) < 4.78 is 44.8. The lowest BCUT2D eigenvalue weighted by Gasteiger charge is -2.25. The van der Waals surface area contributed by atoms with Gasteiger partial charge in [0.05, 0.1) is 0 Å². The smallest absolute Gasteiger partial charge is 0.386 e. The molecule has 0 heterocycles. The van der Waals surface area contributed by atoms with Crippen LogP contribution in [0.5, 0.6) is 0 Å². The average molecular weight is 204 g/mol. The van der Waals surface area contributed by atoms with Crippen LogP contribution in [0, 0.1) is 0 Å². The average Bonchev–Trinajstić information content (AvgIpc) is 2.02. The molecule has 0 aromatic heterocycles. The molecule has 0 spiro atoms.